The van der Waals surface area contributed by atoms with E-state index in [1.165, 1.54) is 20.2 Å². The van der Waals surface area contributed by atoms with Gasteiger partial charge >= 0.3 is 0 Å². The molecule has 1 amide bonds. The second-order valence-corrected chi connectivity index (χ2v) is 3.12. The summed E-state index contributed by atoms with van der Waals surface area (Å²) in [5.74, 6) is -0.337. The number of nitrogens with one attached hydrogen (secondary N) is 1. The summed E-state index contributed by atoms with van der Waals surface area (Å²) in [6, 6.07) is 1.45. The Morgan fingerprint density at radius 1 is 1.62 bits per heavy atom. The molecule has 72 valence electrons. The molecule has 0 radical (unpaired) electrons. The highest BCUT2D eigenvalue weighted by Gasteiger charge is 2.15. The summed E-state index contributed by atoms with van der Waals surface area (Å²) in [7, 11) is 2.88. The van der Waals surface area contributed by atoms with Crippen LogP contribution >= 0.6 is 23.2 Å². The molecule has 6 heteroatoms. The smallest absolute Gasteiger partial charge is 0.293 e. The lowest BCUT2D eigenvalue weighted by Gasteiger charge is -2.11. The number of carbonyl (C=O) groups is 1. The van der Waals surface area contributed by atoms with Gasteiger partial charge in [-0.1, -0.05) is 23.2 Å². The van der Waals surface area contributed by atoms with Crippen LogP contribution in [0.1, 0.15) is 10.5 Å². The van der Waals surface area contributed by atoms with Gasteiger partial charge in [0, 0.05) is 7.05 Å². The Kier molecular flexibility index (Phi) is 3.19. The first-order valence-corrected chi connectivity index (χ1v) is 4.18. The van der Waals surface area contributed by atoms with Gasteiger partial charge in [0.25, 0.3) is 5.91 Å². The van der Waals surface area contributed by atoms with Crippen LogP contribution in [0.25, 0.3) is 0 Å². The maximum absolute atomic E-state index is 11.4. The molecular weight excluding hydrogens is 215 g/mol. The fourth-order valence-electron chi connectivity index (χ4n) is 0.772. The molecule has 0 unspecified atom stereocenters. The second kappa shape index (κ2) is 4.00. The van der Waals surface area contributed by atoms with E-state index in [9.17, 15) is 4.79 Å². The third-order valence-electron chi connectivity index (χ3n) is 1.52. The Balaban J connectivity index is 2.89. The quantitative estimate of drug-likeness (QED) is 0.778. The van der Waals surface area contributed by atoms with Crippen molar-refractivity contribution in [2.24, 2.45) is 0 Å². The van der Waals surface area contributed by atoms with Crippen LogP contribution < -0.4 is 0 Å². The van der Waals surface area contributed by atoms with E-state index in [0.29, 0.717) is 10.7 Å². The summed E-state index contributed by atoms with van der Waals surface area (Å²) < 4.78 is 0. The highest BCUT2D eigenvalue weighted by Crippen LogP contribution is 2.22. The molecule has 0 saturated carbocycles. The van der Waals surface area contributed by atoms with E-state index in [2.05, 4.69) is 4.98 Å². The van der Waals surface area contributed by atoms with Gasteiger partial charge in [0.05, 0.1) is 12.1 Å². The molecule has 1 rings (SSSR count). The number of H-pyrrole nitrogens is 1. The summed E-state index contributed by atoms with van der Waals surface area (Å²) in [5, 5.41) is 1.63. The van der Waals surface area contributed by atoms with Crippen LogP contribution in [0, 0.1) is 0 Å². The summed E-state index contributed by atoms with van der Waals surface area (Å²) >= 11 is 11.3. The van der Waals surface area contributed by atoms with E-state index in [0.717, 1.165) is 5.06 Å². The van der Waals surface area contributed by atoms with Gasteiger partial charge in [0.2, 0.25) is 0 Å². The van der Waals surface area contributed by atoms with Gasteiger partial charge in [-0.25, -0.2) is 5.06 Å². The average Bonchev–Trinajstić information content (AvgIpc) is 2.44. The number of rotatable bonds is 2. The fourth-order valence-corrected chi connectivity index (χ4v) is 1.08. The van der Waals surface area contributed by atoms with Gasteiger partial charge in [-0.2, -0.15) is 0 Å². The molecular formula is C7H8Cl2N2O2. The largest absolute Gasteiger partial charge is 0.340 e. The molecule has 1 aromatic rings. The SMILES string of the molecule is CON(C)C(=O)c1cc(Cl)c(Cl)[nH]1. The van der Waals surface area contributed by atoms with Crippen LogP contribution in [0.15, 0.2) is 6.07 Å². The van der Waals surface area contributed by atoms with Crippen molar-refractivity contribution in [2.75, 3.05) is 14.2 Å². The van der Waals surface area contributed by atoms with Gasteiger partial charge in [-0.3, -0.25) is 9.63 Å². The van der Waals surface area contributed by atoms with Crippen LogP contribution in [0.2, 0.25) is 10.2 Å². The summed E-state index contributed by atoms with van der Waals surface area (Å²) in [5.41, 5.74) is 0.291. The molecule has 1 N–H and O–H groups in total. The molecule has 1 heterocycles. The molecule has 0 spiro atoms. The summed E-state index contributed by atoms with van der Waals surface area (Å²) in [6.45, 7) is 0. The van der Waals surface area contributed by atoms with Crippen molar-refractivity contribution in [3.8, 4) is 0 Å². The van der Waals surface area contributed by atoms with Gasteiger partial charge in [-0.15, -0.1) is 0 Å². The number of aromatic nitrogens is 1. The van der Waals surface area contributed by atoms with Gasteiger partial charge < -0.3 is 4.98 Å². The molecule has 0 bridgehead atoms. The Hall–Kier alpha value is -0.710. The summed E-state index contributed by atoms with van der Waals surface area (Å²) in [6.07, 6.45) is 0. The first-order chi connectivity index (χ1) is 6.06. The van der Waals surface area contributed by atoms with Crippen molar-refractivity contribution in [3.05, 3.63) is 21.9 Å². The van der Waals surface area contributed by atoms with Crippen molar-refractivity contribution in [1.29, 1.82) is 0 Å². The lowest BCUT2D eigenvalue weighted by atomic mass is 10.4. The zero-order chi connectivity index (χ0) is 10.0. The zero-order valence-electron chi connectivity index (χ0n) is 7.10. The lowest BCUT2D eigenvalue weighted by Crippen LogP contribution is -2.25. The minimum atomic E-state index is -0.337. The molecule has 0 aliphatic rings. The number of hydrogen-bond acceptors (Lipinski definition) is 2. The maximum Gasteiger partial charge on any atom is 0.293 e. The number of hydrogen-bond donors (Lipinski definition) is 1. The number of aromatic amines is 1. The normalized spacial score (nSPS) is 10.2. The minimum absolute atomic E-state index is 0.245. The average molecular weight is 223 g/mol. The molecule has 0 aromatic carbocycles. The number of carbonyl (C=O) groups excluding carboxylic acids is 1. The summed E-state index contributed by atoms with van der Waals surface area (Å²) in [4.78, 5) is 18.7. The second-order valence-electron chi connectivity index (χ2n) is 2.33. The van der Waals surface area contributed by atoms with Crippen LogP contribution in [0.4, 0.5) is 0 Å². The van der Waals surface area contributed by atoms with E-state index >= 15 is 0 Å². The van der Waals surface area contributed by atoms with Crippen LogP contribution in [-0.4, -0.2) is 30.1 Å². The van der Waals surface area contributed by atoms with Crippen LogP contribution in [0.5, 0.6) is 0 Å². The van der Waals surface area contributed by atoms with E-state index in [1.807, 2.05) is 0 Å². The number of hydroxylamine groups is 2. The first kappa shape index (κ1) is 10.4. The lowest BCUT2D eigenvalue weighted by molar-refractivity contribution is -0.0760. The minimum Gasteiger partial charge on any atom is -0.340 e. The number of halogens is 2. The van der Waals surface area contributed by atoms with E-state index in [-0.39, 0.29) is 11.1 Å². The highest BCUT2D eigenvalue weighted by atomic mass is 35.5. The Morgan fingerprint density at radius 3 is 2.62 bits per heavy atom. The Morgan fingerprint density at radius 2 is 2.23 bits per heavy atom. The zero-order valence-corrected chi connectivity index (χ0v) is 8.61. The number of nitrogens with zero attached hydrogens (tertiary/aromatic N) is 1. The van der Waals surface area contributed by atoms with Gasteiger partial charge in [0.1, 0.15) is 10.8 Å². The third kappa shape index (κ3) is 2.15. The standard InChI is InChI=1S/C7H8Cl2N2O2/c1-11(13-2)7(12)5-3-4(8)6(9)10-5/h3,10H,1-2H3. The molecule has 4 nitrogen and oxygen atoms in total. The molecule has 0 atom stereocenters. The fraction of sp³-hybridized carbons (Fsp3) is 0.286. The Bertz CT molecular complexity index is 305. The molecule has 1 aromatic heterocycles. The highest BCUT2D eigenvalue weighted by molar-refractivity contribution is 6.41. The molecule has 0 fully saturated rings. The molecule has 0 aliphatic carbocycles. The van der Waals surface area contributed by atoms with E-state index in [1.54, 1.807) is 0 Å². The monoisotopic (exact) mass is 222 g/mol. The molecule has 0 aliphatic heterocycles. The maximum atomic E-state index is 11.4. The van der Waals surface area contributed by atoms with Gasteiger partial charge in [0.15, 0.2) is 0 Å². The third-order valence-corrected chi connectivity index (χ3v) is 2.21. The predicted molar refractivity (Wildman–Crippen MR) is 49.9 cm³/mol. The van der Waals surface area contributed by atoms with Crippen molar-refractivity contribution in [1.82, 2.24) is 10.0 Å². The van der Waals surface area contributed by atoms with Crippen molar-refractivity contribution >= 4 is 29.1 Å². The van der Waals surface area contributed by atoms with Crippen molar-refractivity contribution in [2.45, 2.75) is 0 Å². The molecule has 13 heavy (non-hydrogen) atoms. The van der Waals surface area contributed by atoms with Gasteiger partial charge in [-0.05, 0) is 6.07 Å². The van der Waals surface area contributed by atoms with E-state index in [4.69, 9.17) is 28.0 Å². The molecule has 0 saturated heterocycles. The van der Waals surface area contributed by atoms with Crippen LogP contribution in [0.3, 0.4) is 0 Å². The Labute approximate surface area is 85.3 Å². The number of amides is 1. The first-order valence-electron chi connectivity index (χ1n) is 3.42. The van der Waals surface area contributed by atoms with Crippen LogP contribution in [-0.2, 0) is 4.84 Å². The van der Waals surface area contributed by atoms with Crippen molar-refractivity contribution < 1.29 is 9.63 Å². The topological polar surface area (TPSA) is 45.3 Å². The van der Waals surface area contributed by atoms with E-state index < -0.39 is 0 Å². The predicted octanol–water partition coefficient (Wildman–Crippen LogP) is 1.95. The van der Waals surface area contributed by atoms with Crippen molar-refractivity contribution in [3.63, 3.8) is 0 Å².